The Balaban J connectivity index is 1.39. The quantitative estimate of drug-likeness (QED) is 0.174. The summed E-state index contributed by atoms with van der Waals surface area (Å²) in [6.45, 7) is 8.87. The number of alkyl halides is 1. The third-order valence-electron chi connectivity index (χ3n) is 12.0. The number of fused-ring (bicyclic) bond motifs is 5. The van der Waals surface area contributed by atoms with Gasteiger partial charge in [0.1, 0.15) is 0 Å². The summed E-state index contributed by atoms with van der Waals surface area (Å²) in [6.07, 6.45) is 19.2. The Hall–Kier alpha value is -0.870. The predicted octanol–water partition coefficient (Wildman–Crippen LogP) is 8.60. The summed E-state index contributed by atoms with van der Waals surface area (Å²) in [4.78, 5) is 24.3. The number of carboxylic acids is 1. The maximum Gasteiger partial charge on any atom is 0.303 e. The van der Waals surface area contributed by atoms with Gasteiger partial charge in [0.2, 0.25) is 0 Å². The first kappa shape index (κ1) is 30.1. The van der Waals surface area contributed by atoms with E-state index < -0.39 is 5.97 Å². The zero-order valence-corrected chi connectivity index (χ0v) is 25.1. The number of unbranched alkanes of at least 4 members (excludes halogenated alkanes) is 5. The molecule has 0 spiro atoms. The minimum absolute atomic E-state index is 0.107. The first-order chi connectivity index (χ1) is 18.1. The van der Waals surface area contributed by atoms with E-state index in [-0.39, 0.29) is 16.2 Å². The maximum absolute atomic E-state index is 12.5. The van der Waals surface area contributed by atoms with Crippen molar-refractivity contribution in [1.82, 2.24) is 0 Å². The summed E-state index contributed by atoms with van der Waals surface area (Å²) in [5, 5.41) is 9.77. The molecule has 3 fully saturated rings. The number of aliphatic carboxylic acids is 1. The first-order valence-electron chi connectivity index (χ1n) is 15.7. The molecule has 5 heteroatoms. The average Bonchev–Trinajstić information content (AvgIpc) is 3.12. The van der Waals surface area contributed by atoms with Crippen LogP contribution in [0.1, 0.15) is 124 Å². The Kier molecular flexibility index (Phi) is 10.1. The van der Waals surface area contributed by atoms with Gasteiger partial charge in [-0.2, -0.15) is 0 Å². The number of carbonyl (C=O) groups is 2. The molecule has 0 aromatic rings. The van der Waals surface area contributed by atoms with Gasteiger partial charge in [-0.3, -0.25) is 9.59 Å². The van der Waals surface area contributed by atoms with E-state index >= 15 is 0 Å². The molecule has 38 heavy (non-hydrogen) atoms. The normalized spacial score (nSPS) is 38.3. The summed E-state index contributed by atoms with van der Waals surface area (Å²) in [5.41, 5.74) is 1.61. The fraction of sp³-hybridized carbons (Fsp3) is 0.879. The molecule has 0 bridgehead atoms. The third-order valence-corrected chi connectivity index (χ3v) is 12.3. The van der Waals surface area contributed by atoms with Crippen LogP contribution in [0.2, 0.25) is 0 Å². The van der Waals surface area contributed by atoms with Crippen molar-refractivity contribution in [2.75, 3.05) is 19.1 Å². The van der Waals surface area contributed by atoms with Gasteiger partial charge in [-0.25, -0.2) is 0 Å². The van der Waals surface area contributed by atoms with Gasteiger partial charge >= 0.3 is 5.97 Å². The van der Waals surface area contributed by atoms with Gasteiger partial charge in [-0.1, -0.05) is 52.0 Å². The topological polar surface area (TPSA) is 63.6 Å². The van der Waals surface area contributed by atoms with Crippen molar-refractivity contribution in [2.24, 2.45) is 39.9 Å². The molecule has 0 saturated heterocycles. The van der Waals surface area contributed by atoms with Crippen LogP contribution in [0.4, 0.5) is 0 Å². The number of halogens is 1. The summed E-state index contributed by atoms with van der Waals surface area (Å²) < 4.78 is 5.73. The molecule has 3 saturated carbocycles. The van der Waals surface area contributed by atoms with E-state index in [0.29, 0.717) is 42.3 Å². The number of allylic oxidation sites excluding steroid dienone is 1. The minimum Gasteiger partial charge on any atom is -0.481 e. The second-order valence-electron chi connectivity index (χ2n) is 14.0. The Morgan fingerprint density at radius 1 is 0.974 bits per heavy atom. The number of hydrogen-bond donors (Lipinski definition) is 1. The lowest BCUT2D eigenvalue weighted by Gasteiger charge is -2.62. The van der Waals surface area contributed by atoms with Crippen molar-refractivity contribution in [2.45, 2.75) is 124 Å². The molecule has 0 heterocycles. The Bertz CT molecular complexity index is 869. The van der Waals surface area contributed by atoms with E-state index in [1.54, 1.807) is 0 Å². The molecule has 216 valence electrons. The molecule has 0 aromatic heterocycles. The van der Waals surface area contributed by atoms with Crippen LogP contribution in [-0.4, -0.2) is 36.0 Å². The Morgan fingerprint density at radius 2 is 1.66 bits per heavy atom. The summed E-state index contributed by atoms with van der Waals surface area (Å²) in [7, 11) is 0. The van der Waals surface area contributed by atoms with Crippen LogP contribution in [0.15, 0.2) is 11.6 Å². The number of carboxylic acid groups (broad SMARTS) is 1. The van der Waals surface area contributed by atoms with E-state index in [2.05, 4.69) is 20.8 Å². The fourth-order valence-corrected chi connectivity index (χ4v) is 9.72. The highest BCUT2D eigenvalue weighted by molar-refractivity contribution is 6.17. The molecule has 0 aromatic carbocycles. The zero-order valence-electron chi connectivity index (χ0n) is 24.4. The van der Waals surface area contributed by atoms with E-state index in [1.807, 2.05) is 6.08 Å². The number of carbonyl (C=O) groups excluding carboxylic acids is 1. The van der Waals surface area contributed by atoms with Crippen molar-refractivity contribution in [3.8, 4) is 0 Å². The maximum atomic E-state index is 12.5. The monoisotopic (exact) mass is 548 g/mol. The van der Waals surface area contributed by atoms with Crippen LogP contribution in [0.5, 0.6) is 0 Å². The molecule has 1 N–H and O–H groups in total. The van der Waals surface area contributed by atoms with Gasteiger partial charge in [0, 0.05) is 25.5 Å². The van der Waals surface area contributed by atoms with Crippen molar-refractivity contribution < 1.29 is 19.4 Å². The van der Waals surface area contributed by atoms with Crippen LogP contribution in [0.25, 0.3) is 0 Å². The van der Waals surface area contributed by atoms with E-state index in [1.165, 1.54) is 50.5 Å². The van der Waals surface area contributed by atoms with Gasteiger partial charge in [0.15, 0.2) is 5.78 Å². The summed E-state index contributed by atoms with van der Waals surface area (Å²) >= 11 is 5.72. The second kappa shape index (κ2) is 12.8. The van der Waals surface area contributed by atoms with Gasteiger partial charge in [-0.15, -0.1) is 11.6 Å². The molecule has 4 nitrogen and oxygen atoms in total. The molecular weight excluding hydrogens is 496 g/mol. The molecule has 0 amide bonds. The largest absolute Gasteiger partial charge is 0.481 e. The number of ether oxygens (including phenoxy) is 1. The highest BCUT2D eigenvalue weighted by Gasteiger charge is 2.64. The van der Waals surface area contributed by atoms with Crippen molar-refractivity contribution in [3.63, 3.8) is 0 Å². The molecule has 7 atom stereocenters. The van der Waals surface area contributed by atoms with Crippen molar-refractivity contribution in [1.29, 1.82) is 0 Å². The lowest BCUT2D eigenvalue weighted by Crippen LogP contribution is -2.55. The number of hydrogen-bond acceptors (Lipinski definition) is 3. The van der Waals surface area contributed by atoms with Crippen LogP contribution >= 0.6 is 11.6 Å². The van der Waals surface area contributed by atoms with Gasteiger partial charge in [0.25, 0.3) is 0 Å². The SMILES string of the molecule is C[C@]1(CC(=O)O)CC[C@H]2[C@@H]3[C@H](CCCCCCCOCCCCCl)CC4=CC(=O)CC[C@]4(C)[C@H]3CC[C@@]21C. The van der Waals surface area contributed by atoms with Gasteiger partial charge < -0.3 is 9.84 Å². The lowest BCUT2D eigenvalue weighted by molar-refractivity contribution is -0.145. The van der Waals surface area contributed by atoms with Crippen molar-refractivity contribution in [3.05, 3.63) is 11.6 Å². The lowest BCUT2D eigenvalue weighted by atomic mass is 9.43. The molecular formula is C33H53ClO4. The number of ketones is 1. The number of rotatable bonds is 14. The first-order valence-corrected chi connectivity index (χ1v) is 16.3. The van der Waals surface area contributed by atoms with Gasteiger partial charge in [0.05, 0.1) is 6.42 Å². The van der Waals surface area contributed by atoms with E-state index in [0.717, 1.165) is 64.0 Å². The fourth-order valence-electron chi connectivity index (χ4n) is 9.53. The Labute approximate surface area is 236 Å². The third kappa shape index (κ3) is 6.07. The molecule has 4 aliphatic rings. The molecule has 0 radical (unpaired) electrons. The zero-order chi connectivity index (χ0) is 27.4. The Morgan fingerprint density at radius 3 is 2.39 bits per heavy atom. The van der Waals surface area contributed by atoms with Crippen LogP contribution in [-0.2, 0) is 14.3 Å². The summed E-state index contributed by atoms with van der Waals surface area (Å²) in [5.74, 6) is 2.97. The van der Waals surface area contributed by atoms with E-state index in [4.69, 9.17) is 16.3 Å². The second-order valence-corrected chi connectivity index (χ2v) is 14.4. The molecule has 0 aliphatic heterocycles. The van der Waals surface area contributed by atoms with E-state index in [9.17, 15) is 14.7 Å². The van der Waals surface area contributed by atoms with Crippen LogP contribution in [0, 0.1) is 39.9 Å². The predicted molar refractivity (Wildman–Crippen MR) is 154 cm³/mol. The molecule has 4 rings (SSSR count). The van der Waals surface area contributed by atoms with Crippen molar-refractivity contribution >= 4 is 23.4 Å². The highest BCUT2D eigenvalue weighted by atomic mass is 35.5. The molecule has 0 unspecified atom stereocenters. The smallest absolute Gasteiger partial charge is 0.303 e. The molecule has 4 aliphatic carbocycles. The average molecular weight is 549 g/mol. The highest BCUT2D eigenvalue weighted by Crippen LogP contribution is 2.71. The van der Waals surface area contributed by atoms with Gasteiger partial charge in [-0.05, 0) is 110 Å². The van der Waals surface area contributed by atoms with Crippen LogP contribution in [0.3, 0.4) is 0 Å². The standard InChI is InChI=1S/C33H53ClO4/c1-31(23-29(36)37)15-13-28-30-24(11-7-5-4-6-9-19-38-20-10-8-18-34)21-25-22-26(35)12-16-32(25,2)27(30)14-17-33(28,31)3/h22,24,27-28,30H,4-21,23H2,1-3H3,(H,36,37)/t24-,27+,28+,30-,31-,32+,33+/m1/s1. The summed E-state index contributed by atoms with van der Waals surface area (Å²) in [6, 6.07) is 0. The minimum atomic E-state index is -0.639. The van der Waals surface area contributed by atoms with Crippen LogP contribution < -0.4 is 0 Å².